The fourth-order valence-electron chi connectivity index (χ4n) is 4.84. The van der Waals surface area contributed by atoms with Gasteiger partial charge in [-0.3, -0.25) is 14.4 Å². The SMILES string of the molecule is NC(=O)c1ccccc1N.O=Cc1cccc(-c2ccccc2)c1.O=S(=O)=O.O=c1[nH]c(-c2cccc(-c3ccccc3)c2)nc2ccccc12.[2H]CC(C)=O.[H-].[Na+]. The number of fused-ring (bicyclic) bond motifs is 1. The number of para-hydroxylation sites is 2. The molecule has 1 heterocycles. The first-order valence-electron chi connectivity index (χ1n) is 17.1. The van der Waals surface area contributed by atoms with Gasteiger partial charge >= 0.3 is 40.2 Å². The van der Waals surface area contributed by atoms with Gasteiger partial charge in [0.25, 0.3) is 11.5 Å². The normalized spacial score (nSPS) is 9.62. The Bertz CT molecular complexity index is 2560. The van der Waals surface area contributed by atoms with Crippen LogP contribution in [0.5, 0.6) is 0 Å². The van der Waals surface area contributed by atoms with Crippen molar-refractivity contribution in [1.29, 1.82) is 0 Å². The van der Waals surface area contributed by atoms with E-state index in [1.54, 1.807) is 36.4 Å². The second-order valence-electron chi connectivity index (χ2n) is 11.3. The van der Waals surface area contributed by atoms with Gasteiger partial charge in [0, 0.05) is 18.2 Å². The molecule has 1 aromatic heterocycles. The van der Waals surface area contributed by atoms with E-state index in [0.29, 0.717) is 33.5 Å². The van der Waals surface area contributed by atoms with E-state index >= 15 is 0 Å². The average Bonchev–Trinajstić information content (AvgIpc) is 3.22. The summed E-state index contributed by atoms with van der Waals surface area (Å²) in [6.07, 6.45) is 0.867. The summed E-state index contributed by atoms with van der Waals surface area (Å²) in [6, 6.07) is 49.9. The first-order chi connectivity index (χ1) is 26.9. The number of hydrogen-bond acceptors (Lipinski definition) is 9. The van der Waals surface area contributed by atoms with Crippen molar-refractivity contribution >= 4 is 45.2 Å². The van der Waals surface area contributed by atoms with E-state index in [1.165, 1.54) is 6.92 Å². The molecule has 0 bridgehead atoms. The van der Waals surface area contributed by atoms with E-state index in [0.717, 1.165) is 34.1 Å². The van der Waals surface area contributed by atoms with E-state index in [4.69, 9.17) is 25.5 Å². The van der Waals surface area contributed by atoms with Crippen LogP contribution in [0, 0.1) is 0 Å². The molecule has 6 aromatic carbocycles. The molecule has 11 nitrogen and oxygen atoms in total. The molecule has 0 radical (unpaired) electrons. The fourth-order valence-corrected chi connectivity index (χ4v) is 4.84. The summed E-state index contributed by atoms with van der Waals surface area (Å²) in [6.45, 7) is 1.31. The van der Waals surface area contributed by atoms with Gasteiger partial charge in [-0.2, -0.15) is 0 Å². The third-order valence-electron chi connectivity index (χ3n) is 7.21. The van der Waals surface area contributed by atoms with Gasteiger partial charge in [0.05, 0.1) is 16.5 Å². The van der Waals surface area contributed by atoms with Crippen molar-refractivity contribution < 1.29 is 59.4 Å². The Balaban J connectivity index is 0.000000413. The second-order valence-corrected chi connectivity index (χ2v) is 11.8. The van der Waals surface area contributed by atoms with Crippen LogP contribution in [0.4, 0.5) is 5.69 Å². The van der Waals surface area contributed by atoms with Gasteiger partial charge < -0.3 is 22.7 Å². The number of amides is 1. The predicted molar refractivity (Wildman–Crippen MR) is 217 cm³/mol. The topological polar surface area (TPSA) is 200 Å². The Hall–Kier alpha value is -6.31. The molecule has 0 atom stereocenters. The zero-order chi connectivity index (χ0) is 40.9. The van der Waals surface area contributed by atoms with E-state index in [2.05, 4.69) is 28.2 Å². The predicted octanol–water partition coefficient (Wildman–Crippen LogP) is 4.50. The summed E-state index contributed by atoms with van der Waals surface area (Å²) in [5, 5.41) is 0.607. The molecular formula is C43H39N4NaO7S. The number of primary amides is 1. The molecule has 0 aliphatic rings. The Morgan fingerprint density at radius 2 is 1.16 bits per heavy atom. The molecule has 56 heavy (non-hydrogen) atoms. The largest absolute Gasteiger partial charge is 1.00 e. The average molecular weight is 780 g/mol. The molecule has 0 fully saturated rings. The number of benzene rings is 6. The quantitative estimate of drug-likeness (QED) is 0.128. The number of nitrogens with zero attached hydrogens (tertiary/aromatic N) is 1. The first kappa shape index (κ1) is 44.1. The standard InChI is InChI=1S/C20H14N2O.C13H10O.C7H8N2O.C3H6O.Na.O3S.H/c23-20-17-11-4-5-12-18(17)21-19(22-20)16-10-6-9-15(13-16)14-7-2-1-3-8-14;14-10-11-5-4-8-13(9-11)12-6-2-1-3-7-12;8-6-4-2-1-3-5(6)7(9)10;1-3(2)4;;1-4(2)3;/h1-13H,(H,21,22,23);1-10H;1-4H,8H2,(H2,9,10);1-2H3;;;/q;;;;+1;;-1/i;;;1D;;;. The molecular weight excluding hydrogens is 740 g/mol. The summed E-state index contributed by atoms with van der Waals surface area (Å²) in [4.78, 5) is 50.5. The molecule has 13 heteroatoms. The molecule has 5 N–H and O–H groups in total. The summed E-state index contributed by atoms with van der Waals surface area (Å²) in [7, 11) is -3.11. The maximum Gasteiger partial charge on any atom is 1.00 e. The molecule has 0 aliphatic carbocycles. The number of nitrogen functional groups attached to an aromatic ring is 1. The molecule has 0 saturated heterocycles. The van der Waals surface area contributed by atoms with Gasteiger partial charge in [-0.1, -0.05) is 121 Å². The van der Waals surface area contributed by atoms with Gasteiger partial charge in [-0.25, -0.2) is 4.98 Å². The zero-order valence-electron chi connectivity index (χ0n) is 32.7. The number of ketones is 1. The molecule has 7 rings (SSSR count). The minimum absolute atomic E-state index is 0. The maximum atomic E-state index is 12.2. The second kappa shape index (κ2) is 24.2. The van der Waals surface area contributed by atoms with Crippen LogP contribution in [0.25, 0.3) is 44.5 Å². The minimum atomic E-state index is -3.11. The van der Waals surface area contributed by atoms with Crippen molar-refractivity contribution in [2.75, 3.05) is 5.73 Å². The Morgan fingerprint density at radius 3 is 1.68 bits per heavy atom. The number of aldehydes is 1. The van der Waals surface area contributed by atoms with E-state index in [1.807, 2.05) is 103 Å². The van der Waals surface area contributed by atoms with Crippen LogP contribution in [-0.4, -0.2) is 40.6 Å². The zero-order valence-corrected chi connectivity index (χ0v) is 33.5. The van der Waals surface area contributed by atoms with E-state index in [-0.39, 0.29) is 49.2 Å². The monoisotopic (exact) mass is 779 g/mol. The number of aromatic amines is 1. The third-order valence-corrected chi connectivity index (χ3v) is 7.21. The number of aromatic nitrogens is 2. The molecule has 280 valence electrons. The Labute approximate surface area is 350 Å². The first-order valence-corrected chi connectivity index (χ1v) is 17.4. The van der Waals surface area contributed by atoms with Crippen molar-refractivity contribution in [3.63, 3.8) is 0 Å². The molecule has 0 spiro atoms. The molecule has 0 saturated carbocycles. The molecule has 7 aromatic rings. The van der Waals surface area contributed by atoms with E-state index in [9.17, 15) is 19.2 Å². The number of carbonyl (C=O) groups is 3. The van der Waals surface area contributed by atoms with E-state index < -0.39 is 16.5 Å². The van der Waals surface area contributed by atoms with Crippen molar-refractivity contribution in [3.05, 3.63) is 179 Å². The van der Waals surface area contributed by atoms with Crippen LogP contribution < -0.4 is 46.6 Å². The minimum Gasteiger partial charge on any atom is -1.00 e. The Morgan fingerprint density at radius 1 is 0.696 bits per heavy atom. The van der Waals surface area contributed by atoms with Crippen LogP contribution in [0.3, 0.4) is 0 Å². The summed E-state index contributed by atoms with van der Waals surface area (Å²) in [5.41, 5.74) is 17.9. The number of nitrogens with one attached hydrogen (secondary N) is 1. The summed E-state index contributed by atoms with van der Waals surface area (Å²) >= 11 is 0. The fraction of sp³-hybridized carbons (Fsp3) is 0.0465. The van der Waals surface area contributed by atoms with Gasteiger partial charge in [0.15, 0.2) is 0 Å². The van der Waals surface area contributed by atoms with Crippen LogP contribution >= 0.6 is 0 Å². The number of H-pyrrole nitrogens is 1. The number of hydrogen-bond donors (Lipinski definition) is 3. The molecule has 1 amide bonds. The van der Waals surface area contributed by atoms with Gasteiger partial charge in [0.1, 0.15) is 17.9 Å². The number of nitrogens with two attached hydrogens (primary N) is 2. The van der Waals surface area contributed by atoms with Gasteiger partial charge in [0.2, 0.25) is 0 Å². The maximum absolute atomic E-state index is 12.2. The van der Waals surface area contributed by atoms with Gasteiger partial charge in [-0.15, -0.1) is 12.6 Å². The number of anilines is 1. The molecule has 0 unspecified atom stereocenters. The summed E-state index contributed by atoms with van der Waals surface area (Å²) in [5.74, 6) is 0.0228. The van der Waals surface area contributed by atoms with Crippen molar-refractivity contribution in [2.45, 2.75) is 13.8 Å². The summed E-state index contributed by atoms with van der Waals surface area (Å²) < 4.78 is 31.6. The van der Waals surface area contributed by atoms with Crippen LogP contribution in [0.2, 0.25) is 0 Å². The number of Topliss-reactive ketones (excluding diaryl/α,β-unsaturated/α-hetero) is 1. The van der Waals surface area contributed by atoms with Crippen LogP contribution in [0.1, 0.15) is 37.3 Å². The van der Waals surface area contributed by atoms with Crippen LogP contribution in [0.15, 0.2) is 163 Å². The Kier molecular flexibility index (Phi) is 19.0. The van der Waals surface area contributed by atoms with Crippen molar-refractivity contribution in [3.8, 4) is 33.6 Å². The smallest absolute Gasteiger partial charge is 1.00 e. The van der Waals surface area contributed by atoms with Crippen molar-refractivity contribution in [2.24, 2.45) is 5.73 Å². The molecule has 0 aliphatic heterocycles. The van der Waals surface area contributed by atoms with Crippen LogP contribution in [-0.2, 0) is 15.4 Å². The number of rotatable bonds is 5. The van der Waals surface area contributed by atoms with Crippen molar-refractivity contribution in [1.82, 2.24) is 9.97 Å². The third kappa shape index (κ3) is 15.6. The number of carbonyl (C=O) groups excluding carboxylic acids is 3. The van der Waals surface area contributed by atoms with Gasteiger partial charge in [-0.05, 0) is 72.5 Å².